The van der Waals surface area contributed by atoms with Crippen LogP contribution in [0.5, 0.6) is 0 Å². The summed E-state index contributed by atoms with van der Waals surface area (Å²) in [4.78, 5) is 23.4. The predicted octanol–water partition coefficient (Wildman–Crippen LogP) is 4.93. The minimum Gasteiger partial charge on any atom is -0.326 e. The first kappa shape index (κ1) is 23.6. The van der Waals surface area contributed by atoms with Crippen LogP contribution in [0.4, 0.5) is 17.1 Å². The summed E-state index contributed by atoms with van der Waals surface area (Å²) in [6.45, 7) is 1.40. The van der Waals surface area contributed by atoms with Gasteiger partial charge in [-0.1, -0.05) is 41.4 Å². The monoisotopic (exact) mass is 491 g/mol. The van der Waals surface area contributed by atoms with Crippen LogP contribution in [0.3, 0.4) is 0 Å². The number of anilines is 3. The molecule has 0 heterocycles. The molecule has 0 saturated carbocycles. The zero-order valence-electron chi connectivity index (χ0n) is 16.9. The molecule has 0 aliphatic heterocycles. The molecular formula is C22H19Cl2N3O4S. The number of carbonyl (C=O) groups is 2. The Balaban J connectivity index is 1.63. The van der Waals surface area contributed by atoms with E-state index in [0.29, 0.717) is 22.6 Å². The van der Waals surface area contributed by atoms with Gasteiger partial charge in [-0.25, -0.2) is 8.42 Å². The fraction of sp³-hybridized carbons (Fsp3) is 0.0909. The molecule has 0 unspecified atom stereocenters. The van der Waals surface area contributed by atoms with Gasteiger partial charge >= 0.3 is 0 Å². The summed E-state index contributed by atoms with van der Waals surface area (Å²) in [5.74, 6) is -0.463. The second-order valence-corrected chi connectivity index (χ2v) is 9.45. The van der Waals surface area contributed by atoms with Gasteiger partial charge in [-0.3, -0.25) is 14.3 Å². The van der Waals surface area contributed by atoms with Crippen LogP contribution in [0.25, 0.3) is 0 Å². The van der Waals surface area contributed by atoms with Crippen molar-refractivity contribution in [3.05, 3.63) is 82.3 Å². The highest BCUT2D eigenvalue weighted by atomic mass is 35.5. The van der Waals surface area contributed by atoms with Crippen LogP contribution in [0.15, 0.2) is 71.6 Å². The highest BCUT2D eigenvalue weighted by Gasteiger charge is 2.16. The smallest absolute Gasteiger partial charge is 0.261 e. The summed E-state index contributed by atoms with van der Waals surface area (Å²) in [7, 11) is -3.88. The molecular weight excluding hydrogens is 473 g/mol. The standard InChI is InChI=1S/C22H19Cl2N3O4S/c1-14(28)25-19-3-2-4-20(13-19)26-22(29)9-15-5-7-18(8-6-15)27-32(30,31)21-11-16(23)10-17(24)12-21/h2-8,10-13,27H,9H2,1H3,(H,25,28)(H,26,29). The predicted molar refractivity (Wildman–Crippen MR) is 127 cm³/mol. The van der Waals surface area contributed by atoms with E-state index < -0.39 is 10.0 Å². The van der Waals surface area contributed by atoms with E-state index >= 15 is 0 Å². The number of carbonyl (C=O) groups excluding carboxylic acids is 2. The molecule has 32 heavy (non-hydrogen) atoms. The van der Waals surface area contributed by atoms with Crippen LogP contribution < -0.4 is 15.4 Å². The third-order valence-electron chi connectivity index (χ3n) is 4.18. The van der Waals surface area contributed by atoms with E-state index in [-0.39, 0.29) is 33.2 Å². The van der Waals surface area contributed by atoms with Crippen LogP contribution in [0.2, 0.25) is 10.0 Å². The van der Waals surface area contributed by atoms with Gasteiger partial charge in [-0.2, -0.15) is 0 Å². The van der Waals surface area contributed by atoms with Crippen LogP contribution >= 0.6 is 23.2 Å². The molecule has 0 bridgehead atoms. The second kappa shape index (κ2) is 10.0. The maximum atomic E-state index is 12.5. The number of nitrogens with one attached hydrogen (secondary N) is 3. The average Bonchev–Trinajstić information content (AvgIpc) is 2.68. The molecule has 7 nitrogen and oxygen atoms in total. The van der Waals surface area contributed by atoms with Crippen molar-refractivity contribution < 1.29 is 18.0 Å². The molecule has 2 amide bonds. The zero-order valence-corrected chi connectivity index (χ0v) is 19.2. The van der Waals surface area contributed by atoms with Crippen molar-refractivity contribution in [2.75, 3.05) is 15.4 Å². The summed E-state index contributed by atoms with van der Waals surface area (Å²) < 4.78 is 27.5. The molecule has 0 saturated heterocycles. The fourth-order valence-electron chi connectivity index (χ4n) is 2.86. The lowest BCUT2D eigenvalue weighted by molar-refractivity contribution is -0.115. The number of benzene rings is 3. The molecule has 0 aliphatic carbocycles. The molecule has 0 atom stereocenters. The van der Waals surface area contributed by atoms with Gasteiger partial charge in [0.05, 0.1) is 11.3 Å². The van der Waals surface area contributed by atoms with E-state index in [9.17, 15) is 18.0 Å². The third kappa shape index (κ3) is 6.71. The molecule has 3 rings (SSSR count). The van der Waals surface area contributed by atoms with E-state index in [1.165, 1.54) is 25.1 Å². The molecule has 3 N–H and O–H groups in total. The number of hydrogen-bond acceptors (Lipinski definition) is 4. The van der Waals surface area contributed by atoms with E-state index in [2.05, 4.69) is 15.4 Å². The van der Waals surface area contributed by atoms with Gasteiger partial charge in [0, 0.05) is 34.0 Å². The van der Waals surface area contributed by atoms with E-state index in [1.54, 1.807) is 48.5 Å². The van der Waals surface area contributed by atoms with E-state index in [4.69, 9.17) is 23.2 Å². The molecule has 0 fully saturated rings. The van der Waals surface area contributed by atoms with Gasteiger partial charge in [0.25, 0.3) is 10.0 Å². The van der Waals surface area contributed by atoms with E-state index in [0.717, 1.165) is 0 Å². The lowest BCUT2D eigenvalue weighted by Gasteiger charge is -2.10. The van der Waals surface area contributed by atoms with Gasteiger partial charge in [-0.15, -0.1) is 0 Å². The maximum absolute atomic E-state index is 12.5. The lowest BCUT2D eigenvalue weighted by atomic mass is 10.1. The van der Waals surface area contributed by atoms with Crippen molar-refractivity contribution in [3.8, 4) is 0 Å². The van der Waals surface area contributed by atoms with Crippen LogP contribution in [-0.2, 0) is 26.0 Å². The Hall–Kier alpha value is -3.07. The topological polar surface area (TPSA) is 104 Å². The van der Waals surface area contributed by atoms with Crippen LogP contribution in [0, 0.1) is 0 Å². The van der Waals surface area contributed by atoms with Gasteiger partial charge in [-0.05, 0) is 54.1 Å². The summed E-state index contributed by atoms with van der Waals surface area (Å²) in [6, 6.07) is 17.3. The van der Waals surface area contributed by atoms with Crippen molar-refractivity contribution in [1.82, 2.24) is 0 Å². The first-order chi connectivity index (χ1) is 15.1. The van der Waals surface area contributed by atoms with Crippen molar-refractivity contribution in [2.24, 2.45) is 0 Å². The number of sulfonamides is 1. The Bertz CT molecular complexity index is 1240. The normalized spacial score (nSPS) is 11.0. The van der Waals surface area contributed by atoms with Crippen LogP contribution in [-0.4, -0.2) is 20.2 Å². The van der Waals surface area contributed by atoms with Crippen molar-refractivity contribution in [2.45, 2.75) is 18.2 Å². The molecule has 0 aromatic heterocycles. The largest absolute Gasteiger partial charge is 0.326 e. The average molecular weight is 492 g/mol. The quantitative estimate of drug-likeness (QED) is 0.435. The molecule has 3 aromatic carbocycles. The lowest BCUT2D eigenvalue weighted by Crippen LogP contribution is -2.15. The van der Waals surface area contributed by atoms with Crippen molar-refractivity contribution in [1.29, 1.82) is 0 Å². The maximum Gasteiger partial charge on any atom is 0.261 e. The molecule has 166 valence electrons. The van der Waals surface area contributed by atoms with Crippen LogP contribution in [0.1, 0.15) is 12.5 Å². The fourth-order valence-corrected chi connectivity index (χ4v) is 4.64. The van der Waals surface area contributed by atoms with Gasteiger partial charge < -0.3 is 10.6 Å². The summed E-state index contributed by atoms with van der Waals surface area (Å²) in [5, 5.41) is 5.83. The minimum atomic E-state index is -3.88. The first-order valence-corrected chi connectivity index (χ1v) is 11.6. The summed E-state index contributed by atoms with van der Waals surface area (Å²) >= 11 is 11.8. The Kier molecular flexibility index (Phi) is 7.40. The van der Waals surface area contributed by atoms with Crippen molar-refractivity contribution in [3.63, 3.8) is 0 Å². The highest BCUT2D eigenvalue weighted by Crippen LogP contribution is 2.24. The minimum absolute atomic E-state index is 0.0556. The Morgan fingerprint density at radius 1 is 0.812 bits per heavy atom. The number of amides is 2. The van der Waals surface area contributed by atoms with Crippen molar-refractivity contribution >= 4 is 62.1 Å². The molecule has 10 heteroatoms. The SMILES string of the molecule is CC(=O)Nc1cccc(NC(=O)Cc2ccc(NS(=O)(=O)c3cc(Cl)cc(Cl)c3)cc2)c1. The molecule has 0 spiro atoms. The summed E-state index contributed by atoms with van der Waals surface area (Å²) in [6.07, 6.45) is 0.0846. The Labute approximate surface area is 195 Å². The first-order valence-electron chi connectivity index (χ1n) is 9.36. The number of rotatable bonds is 7. The molecule has 0 aliphatic rings. The van der Waals surface area contributed by atoms with Gasteiger partial charge in [0.15, 0.2) is 0 Å². The molecule has 0 radical (unpaired) electrons. The third-order valence-corrected chi connectivity index (χ3v) is 5.98. The van der Waals surface area contributed by atoms with Gasteiger partial charge in [0.2, 0.25) is 11.8 Å². The molecule has 3 aromatic rings. The van der Waals surface area contributed by atoms with Gasteiger partial charge in [0.1, 0.15) is 0 Å². The highest BCUT2D eigenvalue weighted by molar-refractivity contribution is 7.92. The van der Waals surface area contributed by atoms with E-state index in [1.807, 2.05) is 0 Å². The zero-order chi connectivity index (χ0) is 23.3. The Morgan fingerprint density at radius 3 is 2.00 bits per heavy atom. The second-order valence-electron chi connectivity index (χ2n) is 6.89. The number of halogens is 2. The number of hydrogen-bond donors (Lipinski definition) is 3. The summed E-state index contributed by atoms with van der Waals surface area (Å²) in [5.41, 5.74) is 2.14. The Morgan fingerprint density at radius 2 is 1.41 bits per heavy atom.